The van der Waals surface area contributed by atoms with Crippen LogP contribution in [0.15, 0.2) is 17.5 Å². The van der Waals surface area contributed by atoms with Gasteiger partial charge in [-0.05, 0) is 25.0 Å². The Morgan fingerprint density at radius 3 is 3.00 bits per heavy atom. The number of carbonyl (C=O) groups is 2. The largest absolute Gasteiger partial charge is 0.288 e. The first kappa shape index (κ1) is 15.7. The summed E-state index contributed by atoms with van der Waals surface area (Å²) in [7, 11) is 0. The van der Waals surface area contributed by atoms with Gasteiger partial charge in [-0.3, -0.25) is 14.5 Å². The minimum atomic E-state index is 0.107. The number of aromatic nitrogens is 1. The molecule has 0 spiro atoms. The Morgan fingerprint density at radius 1 is 1.50 bits per heavy atom. The molecule has 3 rings (SSSR count). The average Bonchev–Trinajstić information content (AvgIpc) is 3.15. The van der Waals surface area contributed by atoms with E-state index >= 15 is 0 Å². The zero-order valence-corrected chi connectivity index (χ0v) is 14.8. The maximum absolute atomic E-state index is 12.2. The number of hydrogen-bond donors (Lipinski definition) is 0. The molecule has 1 fully saturated rings. The van der Waals surface area contributed by atoms with Crippen LogP contribution in [-0.4, -0.2) is 28.3 Å². The highest BCUT2D eigenvalue weighted by molar-refractivity contribution is 8.13. The van der Waals surface area contributed by atoms with Crippen molar-refractivity contribution in [3.05, 3.63) is 22.4 Å². The van der Waals surface area contributed by atoms with Crippen LogP contribution in [0, 0.1) is 12.8 Å². The Balaban J connectivity index is 1.71. The number of thiophene rings is 1. The Kier molecular flexibility index (Phi) is 4.65. The molecule has 0 N–H and O–H groups in total. The molecule has 1 amide bonds. The van der Waals surface area contributed by atoms with Crippen molar-refractivity contribution >= 4 is 50.6 Å². The lowest BCUT2D eigenvalue weighted by Crippen LogP contribution is -2.24. The SMILES string of the molecule is CC(=O)SCC1CC(=O)N(c2nc(-c3ccc(C)s3)cs2)C1. The smallest absolute Gasteiger partial charge is 0.229 e. The lowest BCUT2D eigenvalue weighted by Gasteiger charge is -2.12. The molecule has 22 heavy (non-hydrogen) atoms. The molecule has 1 aliphatic rings. The Bertz CT molecular complexity index is 707. The molecule has 0 radical (unpaired) electrons. The van der Waals surface area contributed by atoms with E-state index in [0.717, 1.165) is 15.7 Å². The molecule has 4 nitrogen and oxygen atoms in total. The predicted molar refractivity (Wildman–Crippen MR) is 93.8 cm³/mol. The second-order valence-electron chi connectivity index (χ2n) is 5.30. The molecule has 3 heterocycles. The lowest BCUT2D eigenvalue weighted by molar-refractivity contribution is -0.117. The van der Waals surface area contributed by atoms with Crippen molar-refractivity contribution in [1.82, 2.24) is 4.98 Å². The van der Waals surface area contributed by atoms with E-state index in [9.17, 15) is 9.59 Å². The first-order valence-electron chi connectivity index (χ1n) is 6.99. The monoisotopic (exact) mass is 352 g/mol. The summed E-state index contributed by atoms with van der Waals surface area (Å²) in [5.41, 5.74) is 0.937. The zero-order valence-electron chi connectivity index (χ0n) is 12.4. The van der Waals surface area contributed by atoms with E-state index < -0.39 is 0 Å². The van der Waals surface area contributed by atoms with E-state index in [1.807, 2.05) is 5.38 Å². The van der Waals surface area contributed by atoms with Gasteiger partial charge in [-0.1, -0.05) is 11.8 Å². The molecule has 1 aliphatic heterocycles. The van der Waals surface area contributed by atoms with Crippen molar-refractivity contribution in [2.45, 2.75) is 20.3 Å². The summed E-state index contributed by atoms with van der Waals surface area (Å²) >= 11 is 4.52. The summed E-state index contributed by atoms with van der Waals surface area (Å²) in [5.74, 6) is 1.05. The van der Waals surface area contributed by atoms with Crippen LogP contribution in [-0.2, 0) is 9.59 Å². The molecule has 1 saturated heterocycles. The normalized spacial score (nSPS) is 18.2. The van der Waals surface area contributed by atoms with E-state index in [1.165, 1.54) is 28.0 Å². The molecule has 1 atom stereocenters. The van der Waals surface area contributed by atoms with Crippen LogP contribution < -0.4 is 4.90 Å². The maximum Gasteiger partial charge on any atom is 0.229 e. The number of nitrogens with zero attached hydrogens (tertiary/aromatic N) is 2. The first-order chi connectivity index (χ1) is 10.5. The maximum atomic E-state index is 12.2. The van der Waals surface area contributed by atoms with Crippen LogP contribution in [0.5, 0.6) is 0 Å². The second kappa shape index (κ2) is 6.52. The number of hydrogen-bond acceptors (Lipinski definition) is 6. The van der Waals surface area contributed by atoms with Gasteiger partial charge in [0.25, 0.3) is 0 Å². The van der Waals surface area contributed by atoms with Crippen molar-refractivity contribution in [2.24, 2.45) is 5.92 Å². The van der Waals surface area contributed by atoms with Crippen molar-refractivity contribution < 1.29 is 9.59 Å². The van der Waals surface area contributed by atoms with E-state index in [1.54, 1.807) is 23.2 Å². The van der Waals surface area contributed by atoms with Crippen LogP contribution in [0.1, 0.15) is 18.2 Å². The molecule has 2 aromatic heterocycles. The van der Waals surface area contributed by atoms with Crippen molar-refractivity contribution in [2.75, 3.05) is 17.2 Å². The summed E-state index contributed by atoms with van der Waals surface area (Å²) in [6.07, 6.45) is 0.507. The number of carbonyl (C=O) groups excluding carboxylic acids is 2. The number of thiazole rings is 1. The topological polar surface area (TPSA) is 50.3 Å². The molecule has 1 unspecified atom stereocenters. The molecular weight excluding hydrogens is 336 g/mol. The average molecular weight is 353 g/mol. The number of amides is 1. The van der Waals surface area contributed by atoms with Gasteiger partial charge in [0.05, 0.1) is 10.6 Å². The summed E-state index contributed by atoms with van der Waals surface area (Å²) in [6.45, 7) is 4.30. The molecule has 0 bridgehead atoms. The third kappa shape index (κ3) is 3.42. The van der Waals surface area contributed by atoms with Crippen LogP contribution in [0.2, 0.25) is 0 Å². The van der Waals surface area contributed by atoms with Crippen LogP contribution in [0.25, 0.3) is 10.6 Å². The van der Waals surface area contributed by atoms with E-state index in [2.05, 4.69) is 24.0 Å². The van der Waals surface area contributed by atoms with Crippen LogP contribution in [0.3, 0.4) is 0 Å². The zero-order chi connectivity index (χ0) is 15.7. The van der Waals surface area contributed by atoms with Gasteiger partial charge < -0.3 is 0 Å². The fourth-order valence-electron chi connectivity index (χ4n) is 2.39. The van der Waals surface area contributed by atoms with E-state index in [0.29, 0.717) is 18.7 Å². The quantitative estimate of drug-likeness (QED) is 0.839. The van der Waals surface area contributed by atoms with Gasteiger partial charge >= 0.3 is 0 Å². The first-order valence-corrected chi connectivity index (χ1v) is 9.67. The highest BCUT2D eigenvalue weighted by atomic mass is 32.2. The standard InChI is InChI=1S/C15H16N2O2S3/c1-9-3-4-13(22-9)12-8-21-15(16-12)17-6-11(5-14(17)19)7-20-10(2)18/h3-4,8,11H,5-7H2,1-2H3. The van der Waals surface area contributed by atoms with Crippen molar-refractivity contribution in [3.63, 3.8) is 0 Å². The molecular formula is C15H16N2O2S3. The van der Waals surface area contributed by atoms with Crippen LogP contribution >= 0.6 is 34.4 Å². The molecule has 116 valence electrons. The Hall–Kier alpha value is -1.18. The Labute approximate surface area is 141 Å². The van der Waals surface area contributed by atoms with Crippen molar-refractivity contribution in [1.29, 1.82) is 0 Å². The fourth-order valence-corrected chi connectivity index (χ4v) is 4.83. The van der Waals surface area contributed by atoms with Crippen LogP contribution in [0.4, 0.5) is 5.13 Å². The van der Waals surface area contributed by atoms with Gasteiger partial charge in [-0.15, -0.1) is 22.7 Å². The molecule has 2 aromatic rings. The van der Waals surface area contributed by atoms with Gasteiger partial charge in [0.1, 0.15) is 0 Å². The summed E-state index contributed by atoms with van der Waals surface area (Å²) in [5, 5.41) is 2.88. The second-order valence-corrected chi connectivity index (χ2v) is 8.62. The molecule has 0 saturated carbocycles. The van der Waals surface area contributed by atoms with Gasteiger partial charge in [0, 0.05) is 35.9 Å². The highest BCUT2D eigenvalue weighted by Gasteiger charge is 2.32. The summed E-state index contributed by atoms with van der Waals surface area (Å²) < 4.78 is 0. The number of thioether (sulfide) groups is 1. The number of anilines is 1. The highest BCUT2D eigenvalue weighted by Crippen LogP contribution is 2.34. The molecule has 0 aliphatic carbocycles. The molecule has 0 aromatic carbocycles. The third-order valence-corrected chi connectivity index (χ3v) is 6.37. The minimum Gasteiger partial charge on any atom is -0.288 e. The minimum absolute atomic E-state index is 0.107. The molecule has 7 heteroatoms. The summed E-state index contributed by atoms with van der Waals surface area (Å²) in [6, 6.07) is 4.14. The van der Waals surface area contributed by atoms with Gasteiger partial charge in [-0.2, -0.15) is 0 Å². The third-order valence-electron chi connectivity index (χ3n) is 3.44. The fraction of sp³-hybridized carbons (Fsp3) is 0.400. The Morgan fingerprint density at radius 2 is 2.32 bits per heavy atom. The summed E-state index contributed by atoms with van der Waals surface area (Å²) in [4.78, 5) is 32.0. The van der Waals surface area contributed by atoms with E-state index in [4.69, 9.17) is 0 Å². The number of rotatable bonds is 4. The van der Waals surface area contributed by atoms with Crippen molar-refractivity contribution in [3.8, 4) is 10.6 Å². The number of aryl methyl sites for hydroxylation is 1. The van der Waals surface area contributed by atoms with E-state index in [-0.39, 0.29) is 16.9 Å². The van der Waals surface area contributed by atoms with Gasteiger partial charge in [0.15, 0.2) is 10.2 Å². The lowest BCUT2D eigenvalue weighted by atomic mass is 10.1. The van der Waals surface area contributed by atoms with Gasteiger partial charge in [0.2, 0.25) is 5.91 Å². The predicted octanol–water partition coefficient (Wildman–Crippen LogP) is 3.81. The van der Waals surface area contributed by atoms with Gasteiger partial charge in [-0.25, -0.2) is 4.98 Å².